The highest BCUT2D eigenvalue weighted by Gasteiger charge is 2.30. The van der Waals surface area contributed by atoms with E-state index in [-0.39, 0.29) is 17.5 Å². The van der Waals surface area contributed by atoms with Gasteiger partial charge in [0.15, 0.2) is 5.52 Å². The molecule has 0 spiro atoms. The van der Waals surface area contributed by atoms with Crippen molar-refractivity contribution in [2.24, 2.45) is 0 Å². The second-order valence-corrected chi connectivity index (χ2v) is 8.76. The van der Waals surface area contributed by atoms with Crippen molar-refractivity contribution >= 4 is 16.8 Å². The van der Waals surface area contributed by atoms with E-state index in [2.05, 4.69) is 5.16 Å². The number of amides is 1. The number of benzene rings is 2. The predicted molar refractivity (Wildman–Crippen MR) is 134 cm³/mol. The molecule has 0 aliphatic carbocycles. The van der Waals surface area contributed by atoms with E-state index >= 15 is 0 Å². The molecule has 182 valence electrons. The van der Waals surface area contributed by atoms with Gasteiger partial charge in [0.05, 0.1) is 12.5 Å². The number of aryl methyl sites for hydroxylation is 1. The SMILES string of the molecule is CCC(C(=O)N(Cc1ccccc1)C(C)C)n1nc(-c2cccc(OC)c2)c2c(C)onc2c1=O. The molecule has 0 aliphatic heterocycles. The Labute approximate surface area is 204 Å². The van der Waals surface area contributed by atoms with E-state index in [4.69, 9.17) is 14.4 Å². The van der Waals surface area contributed by atoms with Crippen LogP contribution in [0.4, 0.5) is 0 Å². The summed E-state index contributed by atoms with van der Waals surface area (Å²) in [6.07, 6.45) is 0.393. The number of hydrogen-bond donors (Lipinski definition) is 0. The lowest BCUT2D eigenvalue weighted by atomic mass is 10.1. The van der Waals surface area contributed by atoms with E-state index in [1.807, 2.05) is 75.4 Å². The van der Waals surface area contributed by atoms with Gasteiger partial charge in [-0.05, 0) is 44.9 Å². The summed E-state index contributed by atoms with van der Waals surface area (Å²) in [5.74, 6) is 0.972. The maximum Gasteiger partial charge on any atom is 0.297 e. The Kier molecular flexibility index (Phi) is 7.00. The summed E-state index contributed by atoms with van der Waals surface area (Å²) in [5, 5.41) is 9.28. The van der Waals surface area contributed by atoms with Crippen molar-refractivity contribution < 1.29 is 14.1 Å². The number of fused-ring (bicyclic) bond motifs is 1. The Morgan fingerprint density at radius 2 is 1.89 bits per heavy atom. The fourth-order valence-corrected chi connectivity index (χ4v) is 4.23. The van der Waals surface area contributed by atoms with Gasteiger partial charge < -0.3 is 14.2 Å². The minimum atomic E-state index is -0.792. The van der Waals surface area contributed by atoms with Crippen LogP contribution in [0.2, 0.25) is 0 Å². The van der Waals surface area contributed by atoms with Crippen LogP contribution in [-0.2, 0) is 11.3 Å². The van der Waals surface area contributed by atoms with E-state index in [0.29, 0.717) is 35.6 Å². The maximum absolute atomic E-state index is 13.8. The maximum atomic E-state index is 13.8. The number of hydrogen-bond acceptors (Lipinski definition) is 6. The number of ether oxygens (including phenoxy) is 1. The second-order valence-electron chi connectivity index (χ2n) is 8.76. The monoisotopic (exact) mass is 474 g/mol. The topological polar surface area (TPSA) is 90.5 Å². The number of methoxy groups -OCH3 is 1. The lowest BCUT2D eigenvalue weighted by Crippen LogP contribution is -2.44. The molecule has 0 saturated carbocycles. The van der Waals surface area contributed by atoms with E-state index in [1.165, 1.54) is 4.68 Å². The molecule has 1 unspecified atom stereocenters. The molecular weight excluding hydrogens is 444 g/mol. The first-order chi connectivity index (χ1) is 16.8. The van der Waals surface area contributed by atoms with Crippen molar-refractivity contribution in [2.45, 2.75) is 52.7 Å². The van der Waals surface area contributed by atoms with Crippen LogP contribution in [0.25, 0.3) is 22.2 Å². The normalized spacial score (nSPS) is 12.2. The molecule has 35 heavy (non-hydrogen) atoms. The van der Waals surface area contributed by atoms with E-state index < -0.39 is 11.6 Å². The van der Waals surface area contributed by atoms with Gasteiger partial charge in [0.25, 0.3) is 5.56 Å². The molecule has 1 atom stereocenters. The molecule has 4 aromatic rings. The van der Waals surface area contributed by atoms with Crippen LogP contribution in [-0.4, -0.2) is 38.9 Å². The Morgan fingerprint density at radius 1 is 1.14 bits per heavy atom. The van der Waals surface area contributed by atoms with Crippen molar-refractivity contribution in [3.8, 4) is 17.0 Å². The van der Waals surface area contributed by atoms with Crippen molar-refractivity contribution in [1.29, 1.82) is 0 Å². The third kappa shape index (κ3) is 4.69. The quantitative estimate of drug-likeness (QED) is 0.366. The van der Waals surface area contributed by atoms with Crippen LogP contribution >= 0.6 is 0 Å². The molecule has 8 heteroatoms. The second kappa shape index (κ2) is 10.1. The number of rotatable bonds is 8. The minimum Gasteiger partial charge on any atom is -0.497 e. The van der Waals surface area contributed by atoms with Gasteiger partial charge in [-0.2, -0.15) is 5.10 Å². The minimum absolute atomic E-state index is 0.0664. The third-order valence-corrected chi connectivity index (χ3v) is 6.13. The highest BCUT2D eigenvalue weighted by atomic mass is 16.5. The van der Waals surface area contributed by atoms with Crippen molar-refractivity contribution in [3.05, 3.63) is 76.3 Å². The van der Waals surface area contributed by atoms with Gasteiger partial charge in [0.2, 0.25) is 5.91 Å². The lowest BCUT2D eigenvalue weighted by molar-refractivity contribution is -0.137. The number of carbonyl (C=O) groups excluding carboxylic acids is 1. The molecule has 2 aromatic carbocycles. The fraction of sp³-hybridized carbons (Fsp3) is 0.333. The number of nitrogens with zero attached hydrogens (tertiary/aromatic N) is 4. The van der Waals surface area contributed by atoms with Gasteiger partial charge in [-0.25, -0.2) is 4.68 Å². The van der Waals surface area contributed by atoms with Crippen LogP contribution < -0.4 is 10.3 Å². The average Bonchev–Trinajstić information content (AvgIpc) is 3.26. The molecule has 1 amide bonds. The number of carbonyl (C=O) groups is 1. The molecular formula is C27H30N4O4. The highest BCUT2D eigenvalue weighted by Crippen LogP contribution is 2.30. The summed E-state index contributed by atoms with van der Waals surface area (Å²) in [7, 11) is 1.59. The van der Waals surface area contributed by atoms with Crippen LogP contribution in [0.1, 0.15) is 44.6 Å². The summed E-state index contributed by atoms with van der Waals surface area (Å²) in [5.41, 5.74) is 1.97. The summed E-state index contributed by atoms with van der Waals surface area (Å²) < 4.78 is 12.0. The summed E-state index contributed by atoms with van der Waals surface area (Å²) in [6.45, 7) is 8.00. The first kappa shape index (κ1) is 24.2. The molecule has 8 nitrogen and oxygen atoms in total. The van der Waals surface area contributed by atoms with E-state index in [0.717, 1.165) is 11.1 Å². The molecule has 0 saturated heterocycles. The Balaban J connectivity index is 1.84. The van der Waals surface area contributed by atoms with Crippen molar-refractivity contribution in [1.82, 2.24) is 19.8 Å². The molecule has 2 aromatic heterocycles. The third-order valence-electron chi connectivity index (χ3n) is 6.13. The van der Waals surface area contributed by atoms with Gasteiger partial charge in [0, 0.05) is 18.2 Å². The zero-order valence-corrected chi connectivity index (χ0v) is 20.7. The zero-order valence-electron chi connectivity index (χ0n) is 20.7. The molecule has 4 rings (SSSR count). The molecule has 0 N–H and O–H groups in total. The number of aromatic nitrogens is 3. The largest absolute Gasteiger partial charge is 0.497 e. The van der Waals surface area contributed by atoms with E-state index in [1.54, 1.807) is 18.9 Å². The Morgan fingerprint density at radius 3 is 2.54 bits per heavy atom. The smallest absolute Gasteiger partial charge is 0.297 e. The summed E-state index contributed by atoms with van der Waals surface area (Å²) >= 11 is 0. The van der Waals surface area contributed by atoms with Crippen LogP contribution in [0, 0.1) is 6.92 Å². The van der Waals surface area contributed by atoms with Gasteiger partial charge in [-0.15, -0.1) is 0 Å². The average molecular weight is 475 g/mol. The van der Waals surface area contributed by atoms with Crippen LogP contribution in [0.5, 0.6) is 5.75 Å². The lowest BCUT2D eigenvalue weighted by Gasteiger charge is -2.31. The highest BCUT2D eigenvalue weighted by molar-refractivity contribution is 5.93. The molecule has 0 aliphatic rings. The predicted octanol–water partition coefficient (Wildman–Crippen LogP) is 4.76. The molecule has 0 bridgehead atoms. The van der Waals surface area contributed by atoms with Crippen molar-refractivity contribution in [3.63, 3.8) is 0 Å². The van der Waals surface area contributed by atoms with Crippen molar-refractivity contribution in [2.75, 3.05) is 7.11 Å². The Bertz CT molecular complexity index is 1390. The first-order valence-corrected chi connectivity index (χ1v) is 11.7. The summed E-state index contributed by atoms with van der Waals surface area (Å²) in [6, 6.07) is 16.3. The van der Waals surface area contributed by atoms with Gasteiger partial charge in [0.1, 0.15) is 23.2 Å². The molecule has 0 radical (unpaired) electrons. The molecule has 0 fully saturated rings. The van der Waals surface area contributed by atoms with Crippen LogP contribution in [0.15, 0.2) is 63.9 Å². The zero-order chi connectivity index (χ0) is 25.1. The van der Waals surface area contributed by atoms with Gasteiger partial charge in [-0.3, -0.25) is 9.59 Å². The molecule has 2 heterocycles. The van der Waals surface area contributed by atoms with Crippen LogP contribution in [0.3, 0.4) is 0 Å². The summed E-state index contributed by atoms with van der Waals surface area (Å²) in [4.78, 5) is 29.1. The van der Waals surface area contributed by atoms with E-state index in [9.17, 15) is 9.59 Å². The van der Waals surface area contributed by atoms with Gasteiger partial charge >= 0.3 is 0 Å². The first-order valence-electron chi connectivity index (χ1n) is 11.7. The fourth-order valence-electron chi connectivity index (χ4n) is 4.23. The standard InChI is InChI=1S/C27H30N4O4/c1-6-22(26(32)30(17(2)3)16-19-11-8-7-9-12-19)31-27(33)25-23(18(4)35-29-25)24(28-31)20-13-10-14-21(15-20)34-5/h7-15,17,22H,6,16H2,1-5H3. The Hall–Kier alpha value is -3.94. The van der Waals surface area contributed by atoms with Gasteiger partial charge in [-0.1, -0.05) is 54.5 Å².